The lowest BCUT2D eigenvalue weighted by Crippen LogP contribution is -2.74. The first-order valence-electron chi connectivity index (χ1n) is 9.60. The normalized spacial score (nSPS) is 27.3. The Bertz CT molecular complexity index is 939. The van der Waals surface area contributed by atoms with Crippen molar-refractivity contribution in [3.63, 3.8) is 0 Å². The number of nitriles is 1. The number of hydrogen-bond donors (Lipinski definition) is 0. The van der Waals surface area contributed by atoms with Gasteiger partial charge in [0, 0.05) is 35.1 Å². The maximum absolute atomic E-state index is 13.0. The lowest BCUT2D eigenvalue weighted by Gasteiger charge is -2.65. The van der Waals surface area contributed by atoms with Crippen molar-refractivity contribution in [1.82, 2.24) is 9.88 Å². The average Bonchev–Trinajstić information content (AvgIpc) is 2.95. The van der Waals surface area contributed by atoms with Gasteiger partial charge < -0.3 is 9.64 Å². The number of halogens is 1. The highest BCUT2D eigenvalue weighted by Crippen LogP contribution is 2.59. The third-order valence-corrected chi connectivity index (χ3v) is 6.62. The number of amides is 1. The van der Waals surface area contributed by atoms with Crippen LogP contribution >= 0.6 is 11.6 Å². The van der Waals surface area contributed by atoms with Crippen molar-refractivity contribution >= 4 is 17.5 Å². The second-order valence-corrected chi connectivity index (χ2v) is 9.42. The third kappa shape index (κ3) is 2.66. The van der Waals surface area contributed by atoms with Gasteiger partial charge in [-0.25, -0.2) is 4.98 Å². The molecule has 28 heavy (non-hydrogen) atoms. The Morgan fingerprint density at radius 2 is 1.93 bits per heavy atom. The van der Waals surface area contributed by atoms with Crippen molar-refractivity contribution in [3.8, 4) is 11.8 Å². The van der Waals surface area contributed by atoms with Gasteiger partial charge in [-0.3, -0.25) is 4.79 Å². The maximum atomic E-state index is 13.0. The molecule has 1 aromatic rings. The minimum absolute atomic E-state index is 0.0618. The molecule has 146 valence electrons. The van der Waals surface area contributed by atoms with Crippen LogP contribution in [0.25, 0.3) is 0 Å². The van der Waals surface area contributed by atoms with E-state index < -0.39 is 0 Å². The fourth-order valence-electron chi connectivity index (χ4n) is 5.64. The molecule has 4 rings (SSSR count). The van der Waals surface area contributed by atoms with E-state index >= 15 is 0 Å². The van der Waals surface area contributed by atoms with Gasteiger partial charge in [0.25, 0.3) is 5.91 Å². The largest absolute Gasteiger partial charge is 0.487 e. The number of allylic oxidation sites excluding steroid dienone is 2. The van der Waals surface area contributed by atoms with Gasteiger partial charge in [-0.15, -0.1) is 0 Å². The molecule has 1 aromatic heterocycles. The third-order valence-electron chi connectivity index (χ3n) is 6.33. The minimum atomic E-state index is -0.242. The molecule has 0 aromatic carbocycles. The molecule has 0 unspecified atom stereocenters. The quantitative estimate of drug-likeness (QED) is 0.763. The summed E-state index contributed by atoms with van der Waals surface area (Å²) in [6.07, 6.45) is 7.65. The average molecular weight is 398 g/mol. The first-order valence-corrected chi connectivity index (χ1v) is 9.98. The summed E-state index contributed by atoms with van der Waals surface area (Å²) < 4.78 is 6.28. The van der Waals surface area contributed by atoms with Crippen LogP contribution in [0.3, 0.4) is 0 Å². The van der Waals surface area contributed by atoms with Gasteiger partial charge in [0.1, 0.15) is 17.9 Å². The van der Waals surface area contributed by atoms with Gasteiger partial charge in [-0.2, -0.15) is 5.26 Å². The number of nitrogens with zero attached hydrogens (tertiary/aromatic N) is 3. The molecular weight excluding hydrogens is 374 g/mol. The zero-order valence-corrected chi connectivity index (χ0v) is 17.4. The molecule has 0 radical (unpaired) electrons. The summed E-state index contributed by atoms with van der Waals surface area (Å²) in [6.45, 7) is 9.25. The number of pyridine rings is 1. The number of rotatable bonds is 3. The molecular formula is C22H24ClN3O2. The van der Waals surface area contributed by atoms with E-state index in [2.05, 4.69) is 44.8 Å². The molecule has 0 N–H and O–H groups in total. The second kappa shape index (κ2) is 6.35. The van der Waals surface area contributed by atoms with Gasteiger partial charge >= 0.3 is 0 Å². The van der Waals surface area contributed by atoms with E-state index in [0.717, 1.165) is 24.0 Å². The van der Waals surface area contributed by atoms with E-state index in [4.69, 9.17) is 21.6 Å². The Balaban J connectivity index is 1.59. The maximum Gasteiger partial charge on any atom is 0.254 e. The Kier molecular flexibility index (Phi) is 4.31. The first-order chi connectivity index (χ1) is 13.2. The highest BCUT2D eigenvalue weighted by atomic mass is 35.5. The first kappa shape index (κ1) is 19.0. The Labute approximate surface area is 170 Å². The molecule has 0 bridgehead atoms. The van der Waals surface area contributed by atoms with Crippen LogP contribution in [-0.4, -0.2) is 34.5 Å². The summed E-state index contributed by atoms with van der Waals surface area (Å²) in [6, 6.07) is 3.65. The number of hydrogen-bond acceptors (Lipinski definition) is 4. The molecule has 1 saturated carbocycles. The van der Waals surface area contributed by atoms with Crippen LogP contribution in [0, 0.1) is 22.2 Å². The van der Waals surface area contributed by atoms with Gasteiger partial charge in [0.05, 0.1) is 11.2 Å². The van der Waals surface area contributed by atoms with Crippen molar-refractivity contribution in [3.05, 3.63) is 46.3 Å². The topological polar surface area (TPSA) is 66.2 Å². The molecule has 1 saturated heterocycles. The second-order valence-electron chi connectivity index (χ2n) is 9.01. The standard InChI is InChI=1S/C22H24ClN3O2/c1-21(2)19(26-12-13-7-5-6-8-15(13)18(26)27)22(3,4)20(21)28-14-9-16(23)17(10-24)25-11-14/h7-9,11,19-20H,5-6,12H2,1-4H3/t19-,20-. The molecule has 0 atom stereocenters. The fourth-order valence-corrected chi connectivity index (χ4v) is 5.84. The summed E-state index contributed by atoms with van der Waals surface area (Å²) in [5.74, 6) is 0.680. The van der Waals surface area contributed by atoms with Crippen molar-refractivity contribution in [2.45, 2.75) is 52.7 Å². The molecule has 2 heterocycles. The highest BCUT2D eigenvalue weighted by molar-refractivity contribution is 6.31. The summed E-state index contributed by atoms with van der Waals surface area (Å²) >= 11 is 6.11. The van der Waals surface area contributed by atoms with E-state index in [1.54, 1.807) is 6.07 Å². The summed E-state index contributed by atoms with van der Waals surface area (Å²) in [7, 11) is 0. The van der Waals surface area contributed by atoms with Crippen molar-refractivity contribution < 1.29 is 9.53 Å². The van der Waals surface area contributed by atoms with Crippen molar-refractivity contribution in [1.29, 1.82) is 5.26 Å². The van der Waals surface area contributed by atoms with Gasteiger partial charge in [0.15, 0.2) is 5.69 Å². The Morgan fingerprint density at radius 1 is 1.25 bits per heavy atom. The lowest BCUT2D eigenvalue weighted by molar-refractivity contribution is -0.206. The lowest BCUT2D eigenvalue weighted by atomic mass is 9.49. The van der Waals surface area contributed by atoms with Crippen LogP contribution in [-0.2, 0) is 4.79 Å². The minimum Gasteiger partial charge on any atom is -0.487 e. The summed E-state index contributed by atoms with van der Waals surface area (Å²) in [5, 5.41) is 9.28. The van der Waals surface area contributed by atoms with Crippen LogP contribution in [0.15, 0.2) is 35.6 Å². The van der Waals surface area contributed by atoms with E-state index in [0.29, 0.717) is 12.3 Å². The summed E-state index contributed by atoms with van der Waals surface area (Å²) in [5.41, 5.74) is 1.74. The van der Waals surface area contributed by atoms with Gasteiger partial charge in [-0.1, -0.05) is 51.4 Å². The SMILES string of the molecule is CC1(C)[C@H](Oc2cnc(C#N)c(Cl)c2)C(C)(C)[C@H]1N1CC2=CCCC=C2C1=O. The Hall–Kier alpha value is -2.32. The van der Waals surface area contributed by atoms with E-state index in [-0.39, 0.29) is 39.6 Å². The van der Waals surface area contributed by atoms with Gasteiger partial charge in [0.2, 0.25) is 0 Å². The molecule has 1 amide bonds. The molecule has 1 aliphatic heterocycles. The molecule has 6 heteroatoms. The van der Waals surface area contributed by atoms with E-state index in [9.17, 15) is 4.79 Å². The Morgan fingerprint density at radius 3 is 2.54 bits per heavy atom. The van der Waals surface area contributed by atoms with Crippen LogP contribution < -0.4 is 4.74 Å². The number of likely N-dealkylation sites (tertiary alicyclic amines) is 1. The van der Waals surface area contributed by atoms with Crippen LogP contribution in [0.5, 0.6) is 5.75 Å². The smallest absolute Gasteiger partial charge is 0.254 e. The van der Waals surface area contributed by atoms with Crippen LogP contribution in [0.1, 0.15) is 46.2 Å². The van der Waals surface area contributed by atoms with Crippen LogP contribution in [0.4, 0.5) is 0 Å². The van der Waals surface area contributed by atoms with E-state index in [1.807, 2.05) is 11.0 Å². The fraction of sp³-hybridized carbons (Fsp3) is 0.500. The zero-order chi connectivity index (χ0) is 20.3. The number of carbonyl (C=O) groups excluding carboxylic acids is 1. The number of aromatic nitrogens is 1. The number of fused-ring (bicyclic) bond motifs is 1. The molecule has 2 aliphatic carbocycles. The molecule has 0 spiro atoms. The predicted octanol–water partition coefficient (Wildman–Crippen LogP) is 4.28. The van der Waals surface area contributed by atoms with Gasteiger partial charge in [-0.05, 0) is 18.4 Å². The number of carbonyl (C=O) groups is 1. The number of ether oxygens (including phenoxy) is 1. The predicted molar refractivity (Wildman–Crippen MR) is 107 cm³/mol. The molecule has 5 nitrogen and oxygen atoms in total. The molecule has 2 fully saturated rings. The van der Waals surface area contributed by atoms with Crippen molar-refractivity contribution in [2.75, 3.05) is 6.54 Å². The zero-order valence-electron chi connectivity index (χ0n) is 16.6. The van der Waals surface area contributed by atoms with Crippen LogP contribution in [0.2, 0.25) is 5.02 Å². The summed E-state index contributed by atoms with van der Waals surface area (Å²) in [4.78, 5) is 19.1. The van der Waals surface area contributed by atoms with E-state index in [1.165, 1.54) is 6.20 Å². The monoisotopic (exact) mass is 397 g/mol. The molecule has 3 aliphatic rings. The highest BCUT2D eigenvalue weighted by Gasteiger charge is 2.67. The van der Waals surface area contributed by atoms with Crippen molar-refractivity contribution in [2.24, 2.45) is 10.8 Å².